The summed E-state index contributed by atoms with van der Waals surface area (Å²) in [6.07, 6.45) is 1.06. The standard InChI is InChI=1S/C13H15NOS/c1-15-12-5-2-4-11(10-12)14-8-7-13-6-3-9-16-13/h2-6,9-10,14H,7-8H2,1H3. The number of ether oxygens (including phenoxy) is 1. The fourth-order valence-corrected chi connectivity index (χ4v) is 2.23. The highest BCUT2D eigenvalue weighted by molar-refractivity contribution is 7.09. The molecule has 1 N–H and O–H groups in total. The predicted molar refractivity (Wildman–Crippen MR) is 69.5 cm³/mol. The van der Waals surface area contributed by atoms with Crippen LogP contribution >= 0.6 is 11.3 Å². The Kier molecular flexibility index (Phi) is 3.83. The summed E-state index contributed by atoms with van der Waals surface area (Å²) in [5.41, 5.74) is 1.11. The zero-order valence-corrected chi connectivity index (χ0v) is 10.1. The van der Waals surface area contributed by atoms with Crippen LogP contribution in [0.1, 0.15) is 4.88 Å². The van der Waals surface area contributed by atoms with Crippen molar-refractivity contribution >= 4 is 17.0 Å². The Labute approximate surface area is 99.9 Å². The number of thiophene rings is 1. The minimum atomic E-state index is 0.890. The quantitative estimate of drug-likeness (QED) is 0.854. The first-order valence-electron chi connectivity index (χ1n) is 5.29. The lowest BCUT2D eigenvalue weighted by Crippen LogP contribution is -2.03. The second-order valence-electron chi connectivity index (χ2n) is 3.49. The Morgan fingerprint density at radius 1 is 1.25 bits per heavy atom. The molecule has 0 aliphatic carbocycles. The number of nitrogens with one attached hydrogen (secondary N) is 1. The molecule has 0 aliphatic rings. The summed E-state index contributed by atoms with van der Waals surface area (Å²) in [7, 11) is 1.69. The van der Waals surface area contributed by atoms with Crippen molar-refractivity contribution < 1.29 is 4.74 Å². The van der Waals surface area contributed by atoms with Crippen LogP contribution in [0.4, 0.5) is 5.69 Å². The van der Waals surface area contributed by atoms with E-state index >= 15 is 0 Å². The Hall–Kier alpha value is -1.48. The van der Waals surface area contributed by atoms with E-state index in [9.17, 15) is 0 Å². The minimum Gasteiger partial charge on any atom is -0.497 e. The Bertz CT molecular complexity index is 425. The smallest absolute Gasteiger partial charge is 0.120 e. The summed E-state index contributed by atoms with van der Waals surface area (Å²) >= 11 is 1.80. The van der Waals surface area contributed by atoms with Crippen LogP contribution in [0.25, 0.3) is 0 Å². The van der Waals surface area contributed by atoms with Crippen molar-refractivity contribution in [1.29, 1.82) is 0 Å². The van der Waals surface area contributed by atoms with Crippen LogP contribution in [-0.2, 0) is 6.42 Å². The summed E-state index contributed by atoms with van der Waals surface area (Å²) < 4.78 is 5.17. The molecule has 16 heavy (non-hydrogen) atoms. The van der Waals surface area contributed by atoms with Crippen molar-refractivity contribution in [3.63, 3.8) is 0 Å². The number of anilines is 1. The fraction of sp³-hybridized carbons (Fsp3) is 0.231. The third-order valence-corrected chi connectivity index (χ3v) is 3.29. The second kappa shape index (κ2) is 5.56. The average Bonchev–Trinajstić information content (AvgIpc) is 2.82. The van der Waals surface area contributed by atoms with Crippen molar-refractivity contribution in [2.75, 3.05) is 19.0 Å². The van der Waals surface area contributed by atoms with E-state index < -0.39 is 0 Å². The van der Waals surface area contributed by atoms with Gasteiger partial charge in [-0.1, -0.05) is 12.1 Å². The molecular weight excluding hydrogens is 218 g/mol. The van der Waals surface area contributed by atoms with E-state index in [0.717, 1.165) is 24.4 Å². The van der Waals surface area contributed by atoms with Gasteiger partial charge in [0, 0.05) is 23.2 Å². The molecule has 0 fully saturated rings. The highest BCUT2D eigenvalue weighted by Crippen LogP contribution is 2.17. The van der Waals surface area contributed by atoms with E-state index in [-0.39, 0.29) is 0 Å². The summed E-state index contributed by atoms with van der Waals surface area (Å²) in [4.78, 5) is 1.41. The predicted octanol–water partition coefficient (Wildman–Crippen LogP) is 3.41. The van der Waals surface area contributed by atoms with Crippen molar-refractivity contribution in [3.8, 4) is 5.75 Å². The normalized spacial score (nSPS) is 10.1. The van der Waals surface area contributed by atoms with Crippen LogP contribution < -0.4 is 10.1 Å². The molecule has 2 aromatic rings. The van der Waals surface area contributed by atoms with Gasteiger partial charge >= 0.3 is 0 Å². The lowest BCUT2D eigenvalue weighted by atomic mass is 10.3. The maximum atomic E-state index is 5.17. The third kappa shape index (κ3) is 3.00. The Morgan fingerprint density at radius 2 is 2.19 bits per heavy atom. The van der Waals surface area contributed by atoms with Gasteiger partial charge in [-0.05, 0) is 30.0 Å². The molecule has 1 aromatic carbocycles. The monoisotopic (exact) mass is 233 g/mol. The molecule has 0 unspecified atom stereocenters. The van der Waals surface area contributed by atoms with Gasteiger partial charge in [0.05, 0.1) is 7.11 Å². The zero-order chi connectivity index (χ0) is 11.2. The molecule has 0 bridgehead atoms. The highest BCUT2D eigenvalue weighted by atomic mass is 32.1. The molecule has 2 rings (SSSR count). The van der Waals surface area contributed by atoms with Gasteiger partial charge < -0.3 is 10.1 Å². The van der Waals surface area contributed by atoms with Gasteiger partial charge in [0.2, 0.25) is 0 Å². The molecule has 84 valence electrons. The van der Waals surface area contributed by atoms with Crippen LogP contribution in [0.15, 0.2) is 41.8 Å². The van der Waals surface area contributed by atoms with E-state index in [1.54, 1.807) is 18.4 Å². The van der Waals surface area contributed by atoms with Crippen molar-refractivity contribution in [2.45, 2.75) is 6.42 Å². The molecule has 0 radical (unpaired) electrons. The number of methoxy groups -OCH3 is 1. The van der Waals surface area contributed by atoms with Crippen LogP contribution in [0, 0.1) is 0 Å². The molecule has 0 spiro atoms. The van der Waals surface area contributed by atoms with E-state index in [0.29, 0.717) is 0 Å². The molecule has 0 amide bonds. The number of hydrogen-bond donors (Lipinski definition) is 1. The topological polar surface area (TPSA) is 21.3 Å². The van der Waals surface area contributed by atoms with E-state index in [1.165, 1.54) is 4.88 Å². The van der Waals surface area contributed by atoms with Gasteiger partial charge in [0.15, 0.2) is 0 Å². The summed E-state index contributed by atoms with van der Waals surface area (Å²) in [5.74, 6) is 0.890. The van der Waals surface area contributed by atoms with E-state index in [4.69, 9.17) is 4.74 Å². The molecule has 0 saturated heterocycles. The Morgan fingerprint density at radius 3 is 2.94 bits per heavy atom. The molecule has 0 atom stereocenters. The first kappa shape index (κ1) is 11.0. The number of rotatable bonds is 5. The van der Waals surface area contributed by atoms with Crippen molar-refractivity contribution in [1.82, 2.24) is 0 Å². The first-order chi connectivity index (χ1) is 7.88. The number of hydrogen-bond acceptors (Lipinski definition) is 3. The Balaban J connectivity index is 1.85. The van der Waals surface area contributed by atoms with E-state index in [1.807, 2.05) is 18.2 Å². The molecule has 3 heteroatoms. The molecule has 0 saturated carbocycles. The van der Waals surface area contributed by atoms with Gasteiger partial charge in [-0.3, -0.25) is 0 Å². The summed E-state index contributed by atoms with van der Waals surface area (Å²) in [5, 5.41) is 5.50. The van der Waals surface area contributed by atoms with Gasteiger partial charge in [-0.2, -0.15) is 0 Å². The largest absolute Gasteiger partial charge is 0.497 e. The van der Waals surface area contributed by atoms with Crippen LogP contribution in [0.2, 0.25) is 0 Å². The van der Waals surface area contributed by atoms with Crippen LogP contribution in [0.3, 0.4) is 0 Å². The summed E-state index contributed by atoms with van der Waals surface area (Å²) in [6.45, 7) is 0.952. The molecular formula is C13H15NOS. The zero-order valence-electron chi connectivity index (χ0n) is 9.27. The van der Waals surface area contributed by atoms with E-state index in [2.05, 4.69) is 28.9 Å². The van der Waals surface area contributed by atoms with Gasteiger partial charge in [0.25, 0.3) is 0 Å². The van der Waals surface area contributed by atoms with Crippen LogP contribution in [0.5, 0.6) is 5.75 Å². The highest BCUT2D eigenvalue weighted by Gasteiger charge is 1.96. The maximum absolute atomic E-state index is 5.17. The fourth-order valence-electron chi connectivity index (χ4n) is 1.52. The average molecular weight is 233 g/mol. The molecule has 1 heterocycles. The van der Waals surface area contributed by atoms with Crippen molar-refractivity contribution in [2.24, 2.45) is 0 Å². The first-order valence-corrected chi connectivity index (χ1v) is 6.17. The SMILES string of the molecule is COc1cccc(NCCc2cccs2)c1. The van der Waals surface area contributed by atoms with Crippen molar-refractivity contribution in [3.05, 3.63) is 46.7 Å². The summed E-state index contributed by atoms with van der Waals surface area (Å²) in [6, 6.07) is 12.3. The second-order valence-corrected chi connectivity index (χ2v) is 4.52. The van der Waals surface area contributed by atoms with Gasteiger partial charge in [0.1, 0.15) is 5.75 Å². The number of benzene rings is 1. The maximum Gasteiger partial charge on any atom is 0.120 e. The molecule has 2 nitrogen and oxygen atoms in total. The molecule has 0 aliphatic heterocycles. The van der Waals surface area contributed by atoms with Gasteiger partial charge in [-0.25, -0.2) is 0 Å². The van der Waals surface area contributed by atoms with Crippen LogP contribution in [-0.4, -0.2) is 13.7 Å². The lowest BCUT2D eigenvalue weighted by molar-refractivity contribution is 0.415. The lowest BCUT2D eigenvalue weighted by Gasteiger charge is -2.07. The van der Waals surface area contributed by atoms with Gasteiger partial charge in [-0.15, -0.1) is 11.3 Å². The minimum absolute atomic E-state index is 0.890. The molecule has 1 aromatic heterocycles. The third-order valence-electron chi connectivity index (χ3n) is 2.35.